The second-order valence-corrected chi connectivity index (χ2v) is 7.51. The fourth-order valence-electron chi connectivity index (χ4n) is 2.25. The van der Waals surface area contributed by atoms with E-state index in [1.165, 1.54) is 5.56 Å². The number of carbonyl (C=O) groups excluding carboxylic acids is 1. The summed E-state index contributed by atoms with van der Waals surface area (Å²) in [7, 11) is -3.36. The molecule has 0 aliphatic heterocycles. The lowest BCUT2D eigenvalue weighted by atomic mass is 10.1. The number of amides is 2. The summed E-state index contributed by atoms with van der Waals surface area (Å²) in [5.41, 5.74) is 1.23. The van der Waals surface area contributed by atoms with E-state index >= 15 is 0 Å². The van der Waals surface area contributed by atoms with Crippen molar-refractivity contribution in [3.63, 3.8) is 0 Å². The lowest BCUT2D eigenvalue weighted by Gasteiger charge is -2.08. The number of sulfone groups is 1. The van der Waals surface area contributed by atoms with E-state index in [9.17, 15) is 13.2 Å². The van der Waals surface area contributed by atoms with Crippen molar-refractivity contribution in [3.8, 4) is 0 Å². The van der Waals surface area contributed by atoms with Crippen LogP contribution in [0.3, 0.4) is 0 Å². The molecule has 2 amide bonds. The first kappa shape index (κ1) is 18.0. The Balaban J connectivity index is 1.63. The topological polar surface area (TPSA) is 75.3 Å². The van der Waals surface area contributed by atoms with Crippen LogP contribution in [-0.2, 0) is 16.3 Å². The number of aryl methyl sites for hydroxylation is 1. The average molecular weight is 346 g/mol. The molecule has 2 aromatic carbocycles. The SMILES string of the molecule is O=C(NCCCc1ccccc1)NCCS(=O)(=O)c1ccccc1. The molecule has 0 saturated carbocycles. The van der Waals surface area contributed by atoms with Crippen molar-refractivity contribution in [1.29, 1.82) is 0 Å². The van der Waals surface area contributed by atoms with Crippen molar-refractivity contribution >= 4 is 15.9 Å². The Labute approximate surface area is 143 Å². The van der Waals surface area contributed by atoms with E-state index < -0.39 is 9.84 Å². The number of hydrogen-bond acceptors (Lipinski definition) is 3. The van der Waals surface area contributed by atoms with Gasteiger partial charge >= 0.3 is 6.03 Å². The van der Waals surface area contributed by atoms with Crippen molar-refractivity contribution in [2.24, 2.45) is 0 Å². The molecule has 0 fully saturated rings. The maximum Gasteiger partial charge on any atom is 0.314 e. The van der Waals surface area contributed by atoms with Crippen LogP contribution in [0.4, 0.5) is 4.79 Å². The van der Waals surface area contributed by atoms with Gasteiger partial charge in [0, 0.05) is 13.1 Å². The van der Waals surface area contributed by atoms with Gasteiger partial charge in [-0.2, -0.15) is 0 Å². The molecule has 0 spiro atoms. The number of carbonyl (C=O) groups is 1. The lowest BCUT2D eigenvalue weighted by Crippen LogP contribution is -2.38. The maximum atomic E-state index is 12.1. The zero-order valence-corrected chi connectivity index (χ0v) is 14.3. The van der Waals surface area contributed by atoms with Gasteiger partial charge in [-0.15, -0.1) is 0 Å². The van der Waals surface area contributed by atoms with Crippen LogP contribution in [0.15, 0.2) is 65.6 Å². The van der Waals surface area contributed by atoms with E-state index in [4.69, 9.17) is 0 Å². The van der Waals surface area contributed by atoms with Crippen LogP contribution in [0.1, 0.15) is 12.0 Å². The minimum atomic E-state index is -3.36. The molecule has 2 aromatic rings. The van der Waals surface area contributed by atoms with Crippen molar-refractivity contribution < 1.29 is 13.2 Å². The number of hydrogen-bond donors (Lipinski definition) is 2. The third-order valence-electron chi connectivity index (χ3n) is 3.53. The van der Waals surface area contributed by atoms with E-state index in [0.717, 1.165) is 12.8 Å². The molecule has 0 radical (unpaired) electrons. The Morgan fingerprint density at radius 1 is 0.833 bits per heavy atom. The fourth-order valence-corrected chi connectivity index (χ4v) is 3.42. The number of urea groups is 1. The second-order valence-electron chi connectivity index (χ2n) is 5.40. The minimum Gasteiger partial charge on any atom is -0.338 e. The van der Waals surface area contributed by atoms with Crippen LogP contribution in [-0.4, -0.2) is 33.3 Å². The van der Waals surface area contributed by atoms with Gasteiger partial charge < -0.3 is 10.6 Å². The summed E-state index contributed by atoms with van der Waals surface area (Å²) in [5.74, 6) is -0.117. The predicted molar refractivity (Wildman–Crippen MR) is 94.7 cm³/mol. The summed E-state index contributed by atoms with van der Waals surface area (Å²) in [5, 5.41) is 5.31. The van der Waals surface area contributed by atoms with Crippen molar-refractivity contribution in [2.45, 2.75) is 17.7 Å². The van der Waals surface area contributed by atoms with Gasteiger partial charge in [-0.05, 0) is 30.5 Å². The van der Waals surface area contributed by atoms with E-state index in [0.29, 0.717) is 6.54 Å². The fraction of sp³-hybridized carbons (Fsp3) is 0.278. The predicted octanol–water partition coefficient (Wildman–Crippen LogP) is 2.39. The van der Waals surface area contributed by atoms with Gasteiger partial charge in [0.1, 0.15) is 0 Å². The highest BCUT2D eigenvalue weighted by Gasteiger charge is 2.13. The molecule has 2 N–H and O–H groups in total. The molecule has 0 saturated heterocycles. The standard InChI is InChI=1S/C18H22N2O3S/c21-18(19-13-7-10-16-8-3-1-4-9-16)20-14-15-24(22,23)17-11-5-2-6-12-17/h1-6,8-9,11-12H,7,10,13-15H2,(H2,19,20,21). The summed E-state index contributed by atoms with van der Waals surface area (Å²) in [6.07, 6.45) is 1.73. The highest BCUT2D eigenvalue weighted by molar-refractivity contribution is 7.91. The van der Waals surface area contributed by atoms with Crippen LogP contribution < -0.4 is 10.6 Å². The molecular weight excluding hydrogens is 324 g/mol. The summed E-state index contributed by atoms with van der Waals surface area (Å²) in [6, 6.07) is 17.9. The largest absolute Gasteiger partial charge is 0.338 e. The van der Waals surface area contributed by atoms with Gasteiger partial charge in [0.15, 0.2) is 9.84 Å². The van der Waals surface area contributed by atoms with Crippen LogP contribution in [0.2, 0.25) is 0 Å². The Morgan fingerprint density at radius 3 is 2.08 bits per heavy atom. The normalized spacial score (nSPS) is 11.0. The summed E-state index contributed by atoms with van der Waals surface area (Å²) in [6.45, 7) is 0.633. The maximum absolute atomic E-state index is 12.1. The third-order valence-corrected chi connectivity index (χ3v) is 5.26. The molecule has 128 valence electrons. The second kappa shape index (κ2) is 9.08. The van der Waals surface area contributed by atoms with Crippen molar-refractivity contribution in [3.05, 3.63) is 66.2 Å². The zero-order chi connectivity index (χ0) is 17.3. The highest BCUT2D eigenvalue weighted by Crippen LogP contribution is 2.09. The van der Waals surface area contributed by atoms with E-state index in [1.807, 2.05) is 18.2 Å². The molecule has 0 aromatic heterocycles. The average Bonchev–Trinajstić information content (AvgIpc) is 2.60. The van der Waals surface area contributed by atoms with Crippen molar-refractivity contribution in [2.75, 3.05) is 18.8 Å². The molecule has 0 heterocycles. The van der Waals surface area contributed by atoms with Gasteiger partial charge in [-0.1, -0.05) is 48.5 Å². The summed E-state index contributed by atoms with van der Waals surface area (Å²) in [4.78, 5) is 11.9. The molecule has 6 heteroatoms. The number of nitrogens with one attached hydrogen (secondary N) is 2. The van der Waals surface area contributed by atoms with E-state index in [1.54, 1.807) is 30.3 Å². The third kappa shape index (κ3) is 6.04. The zero-order valence-electron chi connectivity index (χ0n) is 13.4. The molecule has 0 bridgehead atoms. The summed E-state index contributed by atoms with van der Waals surface area (Å²) >= 11 is 0. The van der Waals surface area contributed by atoms with Crippen molar-refractivity contribution in [1.82, 2.24) is 10.6 Å². The molecule has 24 heavy (non-hydrogen) atoms. The number of rotatable bonds is 8. The lowest BCUT2D eigenvalue weighted by molar-refractivity contribution is 0.241. The van der Waals surface area contributed by atoms with Crippen LogP contribution >= 0.6 is 0 Å². The molecule has 0 aliphatic carbocycles. The van der Waals surface area contributed by atoms with Crippen LogP contribution in [0.25, 0.3) is 0 Å². The molecular formula is C18H22N2O3S. The van der Waals surface area contributed by atoms with Gasteiger partial charge in [0.05, 0.1) is 10.6 Å². The monoisotopic (exact) mass is 346 g/mol. The van der Waals surface area contributed by atoms with Gasteiger partial charge in [-0.3, -0.25) is 0 Å². The Hall–Kier alpha value is -2.34. The van der Waals surface area contributed by atoms with Crippen LogP contribution in [0.5, 0.6) is 0 Å². The molecule has 5 nitrogen and oxygen atoms in total. The molecule has 0 aliphatic rings. The summed E-state index contributed by atoms with van der Waals surface area (Å²) < 4.78 is 24.1. The molecule has 0 unspecified atom stereocenters. The smallest absolute Gasteiger partial charge is 0.314 e. The van der Waals surface area contributed by atoms with Gasteiger partial charge in [0.25, 0.3) is 0 Å². The first-order chi connectivity index (χ1) is 11.6. The van der Waals surface area contributed by atoms with E-state index in [2.05, 4.69) is 22.8 Å². The van der Waals surface area contributed by atoms with Crippen LogP contribution in [0, 0.1) is 0 Å². The highest BCUT2D eigenvalue weighted by atomic mass is 32.2. The molecule has 0 atom stereocenters. The van der Waals surface area contributed by atoms with Gasteiger partial charge in [-0.25, -0.2) is 13.2 Å². The Morgan fingerprint density at radius 2 is 1.42 bits per heavy atom. The Bertz CT molecular complexity index is 731. The Kier molecular flexibility index (Phi) is 6.81. The minimum absolute atomic E-state index is 0.0851. The number of benzene rings is 2. The van der Waals surface area contributed by atoms with Gasteiger partial charge in [0.2, 0.25) is 0 Å². The molecule has 2 rings (SSSR count). The first-order valence-electron chi connectivity index (χ1n) is 7.91. The quantitative estimate of drug-likeness (QED) is 0.721. The van der Waals surface area contributed by atoms with E-state index in [-0.39, 0.29) is 23.2 Å². The first-order valence-corrected chi connectivity index (χ1v) is 9.56.